The predicted octanol–water partition coefficient (Wildman–Crippen LogP) is 3.76. The summed E-state index contributed by atoms with van der Waals surface area (Å²) < 4.78 is 6.16. The van der Waals surface area contributed by atoms with Crippen molar-refractivity contribution in [1.29, 1.82) is 0 Å². The van der Waals surface area contributed by atoms with Gasteiger partial charge in [0.1, 0.15) is 0 Å². The van der Waals surface area contributed by atoms with Gasteiger partial charge in [0.25, 0.3) is 0 Å². The number of amides is 2. The van der Waals surface area contributed by atoms with Crippen LogP contribution in [-0.4, -0.2) is 41.1 Å². The highest BCUT2D eigenvalue weighted by Crippen LogP contribution is 2.56. The van der Waals surface area contributed by atoms with Crippen LogP contribution in [0, 0.1) is 29.6 Å². The Labute approximate surface area is 189 Å². The van der Waals surface area contributed by atoms with Crippen molar-refractivity contribution >= 4 is 39.5 Å². The van der Waals surface area contributed by atoms with Gasteiger partial charge in [-0.15, -0.1) is 0 Å². The highest BCUT2D eigenvalue weighted by atomic mass is 79.9. The maximum atomic E-state index is 13.0. The van der Waals surface area contributed by atoms with Crippen molar-refractivity contribution in [1.82, 2.24) is 4.90 Å². The summed E-state index contributed by atoms with van der Waals surface area (Å²) in [5, 5.41) is 0. The predicted molar refractivity (Wildman–Crippen MR) is 115 cm³/mol. The van der Waals surface area contributed by atoms with E-state index in [9.17, 15) is 19.2 Å². The van der Waals surface area contributed by atoms with Crippen LogP contribution < -0.4 is 0 Å². The number of imide groups is 1. The first-order chi connectivity index (χ1) is 14.9. The van der Waals surface area contributed by atoms with Crippen LogP contribution in [-0.2, 0) is 19.1 Å². The van der Waals surface area contributed by atoms with Gasteiger partial charge >= 0.3 is 5.97 Å². The van der Waals surface area contributed by atoms with Gasteiger partial charge in [0.05, 0.1) is 17.8 Å². The van der Waals surface area contributed by atoms with E-state index in [0.717, 1.165) is 23.7 Å². The Bertz CT molecular complexity index is 892. The van der Waals surface area contributed by atoms with E-state index in [1.54, 1.807) is 29.2 Å². The smallest absolute Gasteiger partial charge is 0.309 e. The Morgan fingerprint density at radius 2 is 1.48 bits per heavy atom. The molecule has 1 heterocycles. The van der Waals surface area contributed by atoms with Gasteiger partial charge in [-0.2, -0.15) is 0 Å². The second-order valence-electron chi connectivity index (χ2n) is 9.47. The molecular formula is C24H26BrNO5. The average Bonchev–Trinajstić information content (AvgIpc) is 3.46. The SMILES string of the molecule is O=C(COC(=O)C1CCC(N2C(=O)[C@@H]3[C@@H]4CC[C@@H](C4)[C@@H]3C2=O)CC1)c1ccc(Br)cc1. The summed E-state index contributed by atoms with van der Waals surface area (Å²) in [6.45, 7) is -0.268. The third-order valence-corrected chi connectivity index (χ3v) is 8.40. The summed E-state index contributed by atoms with van der Waals surface area (Å²) in [5.74, 6) is -0.185. The van der Waals surface area contributed by atoms with Gasteiger partial charge in [-0.3, -0.25) is 24.1 Å². The van der Waals surface area contributed by atoms with Crippen molar-refractivity contribution in [2.75, 3.05) is 6.61 Å². The zero-order chi connectivity index (χ0) is 21.7. The number of fused-ring (bicyclic) bond motifs is 5. The Hall–Kier alpha value is -2.02. The number of ether oxygens (including phenoxy) is 1. The van der Waals surface area contributed by atoms with Gasteiger partial charge in [-0.25, -0.2) is 0 Å². The van der Waals surface area contributed by atoms with Crippen LogP contribution in [0.4, 0.5) is 0 Å². The van der Waals surface area contributed by atoms with Crippen LogP contribution in [0.25, 0.3) is 0 Å². The number of halogens is 1. The van der Waals surface area contributed by atoms with E-state index in [-0.39, 0.29) is 54.0 Å². The van der Waals surface area contributed by atoms with Gasteiger partial charge < -0.3 is 4.74 Å². The maximum absolute atomic E-state index is 13.0. The number of nitrogens with zero attached hydrogens (tertiary/aromatic N) is 1. The lowest BCUT2D eigenvalue weighted by Gasteiger charge is -2.33. The second-order valence-corrected chi connectivity index (χ2v) is 10.4. The average molecular weight is 488 g/mol. The fourth-order valence-electron chi connectivity index (χ4n) is 6.34. The fourth-order valence-corrected chi connectivity index (χ4v) is 6.60. The third kappa shape index (κ3) is 3.65. The van der Waals surface area contributed by atoms with Gasteiger partial charge in [-0.1, -0.05) is 28.1 Å². The Morgan fingerprint density at radius 3 is 2.06 bits per heavy atom. The molecule has 164 valence electrons. The standard InChI is InChI=1S/C24H26BrNO5/c25-17-7-3-13(4-8-17)19(27)12-31-24(30)14-5-9-18(10-6-14)26-22(28)20-15-1-2-16(11-15)21(20)23(26)29/h3-4,7-8,14-16,18,20-21H,1-2,5-6,9-12H2/t14?,15-,16+,18?,20-,21+. The van der Waals surface area contributed by atoms with Crippen LogP contribution in [0.1, 0.15) is 55.3 Å². The molecule has 4 fully saturated rings. The first-order valence-electron chi connectivity index (χ1n) is 11.3. The van der Waals surface area contributed by atoms with E-state index in [0.29, 0.717) is 43.1 Å². The summed E-state index contributed by atoms with van der Waals surface area (Å²) in [6.07, 6.45) is 5.62. The highest BCUT2D eigenvalue weighted by Gasteiger charge is 2.61. The molecule has 3 saturated carbocycles. The summed E-state index contributed by atoms with van der Waals surface area (Å²) in [7, 11) is 0. The second kappa shape index (κ2) is 8.15. The van der Waals surface area contributed by atoms with E-state index < -0.39 is 0 Å². The number of hydrogen-bond acceptors (Lipinski definition) is 5. The van der Waals surface area contributed by atoms with E-state index in [4.69, 9.17) is 4.74 Å². The minimum Gasteiger partial charge on any atom is -0.457 e. The molecule has 0 spiro atoms. The number of Topliss-reactive ketones (excluding diaryl/α,β-unsaturated/α-hetero) is 1. The van der Waals surface area contributed by atoms with E-state index in [1.165, 1.54) is 0 Å². The molecule has 4 atom stereocenters. The molecule has 1 saturated heterocycles. The van der Waals surface area contributed by atoms with Crippen LogP contribution >= 0.6 is 15.9 Å². The molecule has 5 rings (SSSR count). The quantitative estimate of drug-likeness (QED) is 0.358. The topological polar surface area (TPSA) is 80.8 Å². The molecule has 0 radical (unpaired) electrons. The van der Waals surface area contributed by atoms with Crippen molar-refractivity contribution in [2.45, 2.75) is 51.0 Å². The monoisotopic (exact) mass is 487 g/mol. The van der Waals surface area contributed by atoms with Gasteiger partial charge in [0, 0.05) is 16.1 Å². The van der Waals surface area contributed by atoms with Gasteiger partial charge in [-0.05, 0) is 68.9 Å². The van der Waals surface area contributed by atoms with Crippen LogP contribution in [0.2, 0.25) is 0 Å². The zero-order valence-corrected chi connectivity index (χ0v) is 18.9. The van der Waals surface area contributed by atoms with Gasteiger partial charge in [0.2, 0.25) is 11.8 Å². The number of hydrogen-bond donors (Lipinski definition) is 0. The molecule has 1 aromatic rings. The van der Waals surface area contributed by atoms with E-state index in [1.807, 2.05) is 0 Å². The molecular weight excluding hydrogens is 462 g/mol. The molecule has 3 aliphatic carbocycles. The Balaban J connectivity index is 1.13. The van der Waals surface area contributed by atoms with Crippen LogP contribution in [0.5, 0.6) is 0 Å². The van der Waals surface area contributed by atoms with Crippen LogP contribution in [0.3, 0.4) is 0 Å². The zero-order valence-electron chi connectivity index (χ0n) is 17.3. The number of rotatable bonds is 5. The summed E-state index contributed by atoms with van der Waals surface area (Å²) >= 11 is 3.33. The Kier molecular flexibility index (Phi) is 5.49. The molecule has 0 N–H and O–H groups in total. The molecule has 1 aromatic carbocycles. The molecule has 2 bridgehead atoms. The molecule has 1 aliphatic heterocycles. The van der Waals surface area contributed by atoms with Crippen LogP contribution in [0.15, 0.2) is 28.7 Å². The normalized spacial score (nSPS) is 34.2. The van der Waals surface area contributed by atoms with E-state index >= 15 is 0 Å². The number of carbonyl (C=O) groups is 4. The maximum Gasteiger partial charge on any atom is 0.309 e. The molecule has 0 aromatic heterocycles. The van der Waals surface area contributed by atoms with Gasteiger partial charge in [0.15, 0.2) is 12.4 Å². The highest BCUT2D eigenvalue weighted by molar-refractivity contribution is 9.10. The number of benzene rings is 1. The van der Waals surface area contributed by atoms with Crippen molar-refractivity contribution < 1.29 is 23.9 Å². The summed E-state index contributed by atoms with van der Waals surface area (Å²) in [5.41, 5.74) is 0.505. The number of likely N-dealkylation sites (tertiary alicyclic amines) is 1. The molecule has 4 aliphatic rings. The molecule has 0 unspecified atom stereocenters. The molecule has 7 heteroatoms. The lowest BCUT2D eigenvalue weighted by atomic mass is 9.81. The number of esters is 1. The van der Waals surface area contributed by atoms with Crippen molar-refractivity contribution in [2.24, 2.45) is 29.6 Å². The lowest BCUT2D eigenvalue weighted by Crippen LogP contribution is -2.44. The Morgan fingerprint density at radius 1 is 0.903 bits per heavy atom. The molecule has 2 amide bonds. The molecule has 6 nitrogen and oxygen atoms in total. The fraction of sp³-hybridized carbons (Fsp3) is 0.583. The molecule has 31 heavy (non-hydrogen) atoms. The minimum absolute atomic E-state index is 0.0355. The third-order valence-electron chi connectivity index (χ3n) is 7.87. The number of ketones is 1. The largest absolute Gasteiger partial charge is 0.457 e. The van der Waals surface area contributed by atoms with E-state index in [2.05, 4.69) is 15.9 Å². The first-order valence-corrected chi connectivity index (χ1v) is 12.1. The lowest BCUT2D eigenvalue weighted by molar-refractivity contribution is -0.149. The van der Waals surface area contributed by atoms with Crippen molar-refractivity contribution in [3.63, 3.8) is 0 Å². The first kappa shape index (κ1) is 20.9. The van der Waals surface area contributed by atoms with Crippen molar-refractivity contribution in [3.05, 3.63) is 34.3 Å². The number of carbonyl (C=O) groups excluding carboxylic acids is 4. The summed E-state index contributed by atoms with van der Waals surface area (Å²) in [6, 6.07) is 6.83. The van der Waals surface area contributed by atoms with Crippen molar-refractivity contribution in [3.8, 4) is 0 Å². The minimum atomic E-state index is -0.363. The summed E-state index contributed by atoms with van der Waals surface area (Å²) in [4.78, 5) is 52.3.